The van der Waals surface area contributed by atoms with E-state index in [-0.39, 0.29) is 59.9 Å². The summed E-state index contributed by atoms with van der Waals surface area (Å²) in [5.74, 6) is -0.703. The number of hydrogen-bond donors (Lipinski definition) is 0. The number of hydrogen-bond acceptors (Lipinski definition) is 3. The van der Waals surface area contributed by atoms with Crippen molar-refractivity contribution >= 4 is 17.3 Å². The number of alkyl halides is 2. The van der Waals surface area contributed by atoms with Crippen LogP contribution in [-0.4, -0.2) is 23.8 Å². The predicted molar refractivity (Wildman–Crippen MR) is 82.4 cm³/mol. The molecule has 0 aliphatic heterocycles. The van der Waals surface area contributed by atoms with Crippen LogP contribution in [-0.2, 0) is 14.4 Å². The Morgan fingerprint density at radius 1 is 1.08 bits per heavy atom. The number of Topliss-reactive ketones (excluding diaryl/α,β-unsaturated/α-hetero) is 2. The number of ketones is 3. The first-order chi connectivity index (χ1) is 11.3. The van der Waals surface area contributed by atoms with E-state index in [2.05, 4.69) is 0 Å². The Labute approximate surface area is 139 Å². The van der Waals surface area contributed by atoms with Gasteiger partial charge in [0.25, 0.3) is 0 Å². The summed E-state index contributed by atoms with van der Waals surface area (Å²) in [6, 6.07) is 0. The molecule has 0 bridgehead atoms. The highest BCUT2D eigenvalue weighted by atomic mass is 19.3. The Kier molecular flexibility index (Phi) is 3.39. The number of carbonyl (C=O) groups excluding carboxylic acids is 3. The van der Waals surface area contributed by atoms with Crippen LogP contribution in [0.4, 0.5) is 8.78 Å². The van der Waals surface area contributed by atoms with Crippen LogP contribution < -0.4 is 0 Å². The summed E-state index contributed by atoms with van der Waals surface area (Å²) in [4.78, 5) is 36.8. The normalized spacial score (nSPS) is 44.9. The van der Waals surface area contributed by atoms with E-state index in [9.17, 15) is 23.2 Å². The van der Waals surface area contributed by atoms with Crippen LogP contribution in [0.25, 0.3) is 0 Å². The van der Waals surface area contributed by atoms with Gasteiger partial charge in [0, 0.05) is 30.3 Å². The van der Waals surface area contributed by atoms with Crippen LogP contribution in [0, 0.1) is 28.6 Å². The molecule has 0 heterocycles. The summed E-state index contributed by atoms with van der Waals surface area (Å²) in [6.45, 7) is 1.96. The van der Waals surface area contributed by atoms with Crippen LogP contribution in [0.15, 0.2) is 11.6 Å². The summed E-state index contributed by atoms with van der Waals surface area (Å²) in [7, 11) is 0. The molecule has 4 aliphatic rings. The largest absolute Gasteiger partial charge is 0.299 e. The first kappa shape index (κ1) is 16.1. The number of fused-ring (bicyclic) bond motifs is 5. The minimum absolute atomic E-state index is 0.0301. The van der Waals surface area contributed by atoms with Gasteiger partial charge in [0.1, 0.15) is 5.78 Å². The average Bonchev–Trinajstić information content (AvgIpc) is 2.83. The van der Waals surface area contributed by atoms with Gasteiger partial charge in [-0.2, -0.15) is 0 Å². The van der Waals surface area contributed by atoms with Crippen molar-refractivity contribution in [2.24, 2.45) is 28.6 Å². The maximum atomic E-state index is 14.3. The lowest BCUT2D eigenvalue weighted by molar-refractivity contribution is -0.150. The fraction of sp³-hybridized carbons (Fsp3) is 0.737. The Bertz CT molecular complexity index is 668. The van der Waals surface area contributed by atoms with E-state index in [1.54, 1.807) is 0 Å². The third kappa shape index (κ3) is 1.84. The molecule has 0 unspecified atom stereocenters. The van der Waals surface area contributed by atoms with Crippen molar-refractivity contribution < 1.29 is 23.2 Å². The Hall–Kier alpha value is -1.39. The van der Waals surface area contributed by atoms with Crippen molar-refractivity contribution in [1.82, 2.24) is 0 Å². The minimum atomic E-state index is -2.64. The van der Waals surface area contributed by atoms with E-state index in [0.717, 1.165) is 0 Å². The second-order valence-corrected chi connectivity index (χ2v) is 8.29. The van der Waals surface area contributed by atoms with Gasteiger partial charge >= 0.3 is 0 Å². The third-order valence-corrected chi connectivity index (χ3v) is 7.51. The molecule has 130 valence electrons. The zero-order valence-corrected chi connectivity index (χ0v) is 13.8. The van der Waals surface area contributed by atoms with Crippen molar-refractivity contribution in [3.63, 3.8) is 0 Å². The molecule has 4 rings (SSSR count). The maximum absolute atomic E-state index is 14.3. The number of allylic oxidation sites excluding steroid dienone is 1. The fourth-order valence-corrected chi connectivity index (χ4v) is 6.25. The molecule has 4 aliphatic carbocycles. The van der Waals surface area contributed by atoms with Gasteiger partial charge in [0.2, 0.25) is 6.43 Å². The topological polar surface area (TPSA) is 51.2 Å². The van der Waals surface area contributed by atoms with Crippen molar-refractivity contribution in [3.05, 3.63) is 11.6 Å². The summed E-state index contributed by atoms with van der Waals surface area (Å²) in [5, 5.41) is 0. The molecule has 0 saturated heterocycles. The van der Waals surface area contributed by atoms with Gasteiger partial charge in [-0.3, -0.25) is 14.4 Å². The Balaban J connectivity index is 1.82. The van der Waals surface area contributed by atoms with E-state index >= 15 is 0 Å². The SMILES string of the molecule is C[C@]12CC[C@H]3[C@@H](CC(=O)C4=CC(=O)CC[C@@]43C(F)F)[C@@H]1CCC2=O. The summed E-state index contributed by atoms with van der Waals surface area (Å²) >= 11 is 0. The number of halogens is 2. The van der Waals surface area contributed by atoms with E-state index in [1.165, 1.54) is 6.08 Å². The molecule has 0 amide bonds. The van der Waals surface area contributed by atoms with Gasteiger partial charge in [0.15, 0.2) is 11.6 Å². The number of rotatable bonds is 1. The van der Waals surface area contributed by atoms with E-state index in [4.69, 9.17) is 0 Å². The van der Waals surface area contributed by atoms with Crippen molar-refractivity contribution in [1.29, 1.82) is 0 Å². The Morgan fingerprint density at radius 3 is 2.54 bits per heavy atom. The molecular formula is C19H22F2O3. The van der Waals surface area contributed by atoms with Gasteiger partial charge in [-0.25, -0.2) is 8.78 Å². The molecule has 3 fully saturated rings. The van der Waals surface area contributed by atoms with Crippen LogP contribution in [0.2, 0.25) is 0 Å². The molecule has 0 aromatic heterocycles. The zero-order valence-electron chi connectivity index (χ0n) is 13.8. The van der Waals surface area contributed by atoms with Gasteiger partial charge < -0.3 is 0 Å². The summed E-state index contributed by atoms with van der Waals surface area (Å²) in [6.07, 6.45) is 1.31. The van der Waals surface area contributed by atoms with Crippen LogP contribution >= 0.6 is 0 Å². The van der Waals surface area contributed by atoms with Crippen LogP contribution in [0.1, 0.15) is 51.9 Å². The highest BCUT2D eigenvalue weighted by Crippen LogP contribution is 2.65. The molecule has 0 aromatic carbocycles. The lowest BCUT2D eigenvalue weighted by atomic mass is 9.46. The van der Waals surface area contributed by atoms with Crippen LogP contribution in [0.3, 0.4) is 0 Å². The van der Waals surface area contributed by atoms with Crippen molar-refractivity contribution in [2.45, 2.75) is 58.3 Å². The lowest BCUT2D eigenvalue weighted by Gasteiger charge is -2.56. The standard InChI is InChI=1S/C19H22F2O3/c1-18-6-5-13-11(12(18)2-3-16(18)24)9-15(23)14-8-10(22)4-7-19(13,14)17(20)21/h8,11-13,17H,2-7,9H2,1H3/t11-,12-,13-,18-,19-/m0/s1. The first-order valence-electron chi connectivity index (χ1n) is 8.90. The van der Waals surface area contributed by atoms with E-state index < -0.39 is 17.3 Å². The quantitative estimate of drug-likeness (QED) is 0.736. The monoisotopic (exact) mass is 336 g/mol. The summed E-state index contributed by atoms with van der Waals surface area (Å²) in [5.41, 5.74) is -1.85. The van der Waals surface area contributed by atoms with E-state index in [1.807, 2.05) is 6.92 Å². The maximum Gasteiger partial charge on any atom is 0.248 e. The molecule has 0 aromatic rings. The van der Waals surface area contributed by atoms with Gasteiger partial charge in [0.05, 0.1) is 5.41 Å². The third-order valence-electron chi connectivity index (χ3n) is 7.51. The highest BCUT2D eigenvalue weighted by molar-refractivity contribution is 6.06. The molecule has 5 heteroatoms. The van der Waals surface area contributed by atoms with Crippen molar-refractivity contribution in [2.75, 3.05) is 0 Å². The zero-order chi connectivity index (χ0) is 17.3. The van der Waals surface area contributed by atoms with Gasteiger partial charge in [-0.15, -0.1) is 0 Å². The smallest absolute Gasteiger partial charge is 0.248 e. The molecular weight excluding hydrogens is 314 g/mol. The minimum Gasteiger partial charge on any atom is -0.299 e. The van der Waals surface area contributed by atoms with Gasteiger partial charge in [-0.05, 0) is 49.5 Å². The molecule has 0 N–H and O–H groups in total. The molecule has 0 spiro atoms. The van der Waals surface area contributed by atoms with E-state index in [0.29, 0.717) is 25.7 Å². The second kappa shape index (κ2) is 5.06. The highest BCUT2D eigenvalue weighted by Gasteiger charge is 2.64. The fourth-order valence-electron chi connectivity index (χ4n) is 6.25. The van der Waals surface area contributed by atoms with Crippen molar-refractivity contribution in [3.8, 4) is 0 Å². The molecule has 24 heavy (non-hydrogen) atoms. The summed E-state index contributed by atoms with van der Waals surface area (Å²) < 4.78 is 28.5. The molecule has 3 saturated carbocycles. The average molecular weight is 336 g/mol. The second-order valence-electron chi connectivity index (χ2n) is 8.29. The molecule has 5 atom stereocenters. The molecule has 3 nitrogen and oxygen atoms in total. The lowest BCUT2D eigenvalue weighted by Crippen LogP contribution is -2.56. The van der Waals surface area contributed by atoms with Gasteiger partial charge in [-0.1, -0.05) is 6.92 Å². The van der Waals surface area contributed by atoms with Crippen LogP contribution in [0.5, 0.6) is 0 Å². The number of carbonyl (C=O) groups is 3. The Morgan fingerprint density at radius 2 is 1.83 bits per heavy atom. The first-order valence-corrected chi connectivity index (χ1v) is 8.90. The predicted octanol–water partition coefficient (Wildman–Crippen LogP) is 3.51. The molecule has 0 radical (unpaired) electrons.